The number of aromatic nitrogens is 1. The van der Waals surface area contributed by atoms with Crippen molar-refractivity contribution in [3.63, 3.8) is 0 Å². The van der Waals surface area contributed by atoms with E-state index in [0.717, 1.165) is 16.5 Å². The Kier molecular flexibility index (Phi) is 9.36. The van der Waals surface area contributed by atoms with Crippen LogP contribution in [0.15, 0.2) is 42.1 Å². The molecule has 0 aliphatic rings. The normalized spacial score (nSPS) is 15.4. The fraction of sp³-hybridized carbons (Fsp3) is 0.552. The van der Waals surface area contributed by atoms with Gasteiger partial charge in [-0.15, -0.1) is 0 Å². The minimum atomic E-state index is -1.03. The highest BCUT2D eigenvalue weighted by molar-refractivity contribution is 5.93. The summed E-state index contributed by atoms with van der Waals surface area (Å²) in [7, 11) is 3.74. The third-order valence-electron chi connectivity index (χ3n) is 7.07. The van der Waals surface area contributed by atoms with Gasteiger partial charge in [0, 0.05) is 35.1 Å². The molecule has 4 N–H and O–H groups in total. The molecule has 0 saturated heterocycles. The molecule has 8 nitrogen and oxygen atoms in total. The Labute approximate surface area is 220 Å². The van der Waals surface area contributed by atoms with Crippen molar-refractivity contribution in [2.75, 3.05) is 7.05 Å². The number of rotatable bonds is 10. The summed E-state index contributed by atoms with van der Waals surface area (Å²) in [5, 5.41) is 19.5. The first-order valence-corrected chi connectivity index (χ1v) is 12.8. The quantitative estimate of drug-likeness (QED) is 0.362. The van der Waals surface area contributed by atoms with Crippen LogP contribution in [-0.4, -0.2) is 52.6 Å². The molecule has 0 bridgehead atoms. The summed E-state index contributed by atoms with van der Waals surface area (Å²) in [5.41, 5.74) is 1.08. The van der Waals surface area contributed by atoms with Gasteiger partial charge in [0.1, 0.15) is 6.04 Å². The number of hydrogen-bond acceptors (Lipinski definition) is 4. The fourth-order valence-electron chi connectivity index (χ4n) is 4.72. The molecule has 3 unspecified atom stereocenters. The van der Waals surface area contributed by atoms with E-state index in [-0.39, 0.29) is 23.3 Å². The molecule has 37 heavy (non-hydrogen) atoms. The van der Waals surface area contributed by atoms with Gasteiger partial charge in [-0.05, 0) is 36.9 Å². The third-order valence-corrected chi connectivity index (χ3v) is 7.07. The molecule has 0 spiro atoms. The summed E-state index contributed by atoms with van der Waals surface area (Å²) < 4.78 is 2.06. The average Bonchev–Trinajstić information content (AvgIpc) is 3.13. The summed E-state index contributed by atoms with van der Waals surface area (Å²) in [4.78, 5) is 38.5. The van der Waals surface area contributed by atoms with Crippen LogP contribution < -0.4 is 16.0 Å². The minimum absolute atomic E-state index is 0.0371. The van der Waals surface area contributed by atoms with Crippen molar-refractivity contribution in [2.45, 2.75) is 78.9 Å². The van der Waals surface area contributed by atoms with Crippen LogP contribution in [0.4, 0.5) is 0 Å². The number of nitrogens with zero attached hydrogens (tertiary/aromatic N) is 1. The van der Waals surface area contributed by atoms with Crippen molar-refractivity contribution in [1.82, 2.24) is 20.5 Å². The van der Waals surface area contributed by atoms with E-state index in [1.165, 1.54) is 6.92 Å². The molecule has 204 valence electrons. The number of carboxylic acid groups (broad SMARTS) is 1. The average molecular weight is 513 g/mol. The number of hydrogen-bond donors (Lipinski definition) is 4. The smallest absolute Gasteiger partial charge is 0.331 e. The Morgan fingerprint density at radius 2 is 1.54 bits per heavy atom. The molecule has 1 heterocycles. The van der Waals surface area contributed by atoms with E-state index in [2.05, 4.69) is 38.8 Å². The zero-order valence-electron chi connectivity index (χ0n) is 23.9. The van der Waals surface area contributed by atoms with E-state index in [1.807, 2.05) is 67.6 Å². The molecule has 0 radical (unpaired) electrons. The summed E-state index contributed by atoms with van der Waals surface area (Å²) >= 11 is 0. The topological polar surface area (TPSA) is 112 Å². The molecule has 3 atom stereocenters. The second kappa shape index (κ2) is 11.5. The maximum atomic E-state index is 13.7. The van der Waals surface area contributed by atoms with Crippen LogP contribution in [0.25, 0.3) is 10.9 Å². The lowest BCUT2D eigenvalue weighted by molar-refractivity contribution is -0.133. The number of aliphatic carboxylic acids is 1. The van der Waals surface area contributed by atoms with Gasteiger partial charge in [-0.1, -0.05) is 72.7 Å². The van der Waals surface area contributed by atoms with Crippen LogP contribution in [0.3, 0.4) is 0 Å². The maximum Gasteiger partial charge on any atom is 0.331 e. The lowest BCUT2D eigenvalue weighted by Crippen LogP contribution is -2.61. The lowest BCUT2D eigenvalue weighted by Gasteiger charge is -2.37. The van der Waals surface area contributed by atoms with Crippen LogP contribution in [0.1, 0.15) is 61.0 Å². The predicted molar refractivity (Wildman–Crippen MR) is 148 cm³/mol. The van der Waals surface area contributed by atoms with E-state index in [1.54, 1.807) is 13.1 Å². The molecule has 1 aromatic carbocycles. The largest absolute Gasteiger partial charge is 0.478 e. The molecule has 0 saturated carbocycles. The molecule has 1 aromatic heterocycles. The molecule has 0 aliphatic heterocycles. The van der Waals surface area contributed by atoms with Gasteiger partial charge >= 0.3 is 5.97 Å². The number of carboxylic acids is 1. The van der Waals surface area contributed by atoms with Crippen LogP contribution >= 0.6 is 0 Å². The van der Waals surface area contributed by atoms with Gasteiger partial charge in [0.05, 0.1) is 12.1 Å². The molecule has 2 amide bonds. The van der Waals surface area contributed by atoms with Gasteiger partial charge in [0.2, 0.25) is 11.8 Å². The molecule has 0 aliphatic carbocycles. The zero-order valence-corrected chi connectivity index (χ0v) is 23.9. The Bertz CT molecular complexity index is 1170. The van der Waals surface area contributed by atoms with Crippen molar-refractivity contribution < 1.29 is 19.5 Å². The lowest BCUT2D eigenvalue weighted by atomic mass is 9.76. The minimum Gasteiger partial charge on any atom is -0.478 e. The van der Waals surface area contributed by atoms with Gasteiger partial charge in [-0.3, -0.25) is 9.59 Å². The molecule has 2 rings (SSSR count). The number of fused-ring (bicyclic) bond motifs is 1. The monoisotopic (exact) mass is 512 g/mol. The summed E-state index contributed by atoms with van der Waals surface area (Å²) in [6.45, 7) is 15.0. The highest BCUT2D eigenvalue weighted by Crippen LogP contribution is 2.34. The highest BCUT2D eigenvalue weighted by Gasteiger charge is 2.41. The van der Waals surface area contributed by atoms with Gasteiger partial charge in [-0.2, -0.15) is 0 Å². The van der Waals surface area contributed by atoms with Crippen LogP contribution in [-0.2, 0) is 26.8 Å². The highest BCUT2D eigenvalue weighted by atomic mass is 16.4. The second-order valence-corrected chi connectivity index (χ2v) is 11.9. The number of nitrogens with one attached hydrogen (secondary N) is 3. The van der Waals surface area contributed by atoms with Gasteiger partial charge in [0.15, 0.2) is 0 Å². The van der Waals surface area contributed by atoms with Crippen molar-refractivity contribution in [3.05, 3.63) is 47.7 Å². The molecule has 0 fully saturated rings. The van der Waals surface area contributed by atoms with Crippen LogP contribution in [0, 0.1) is 11.3 Å². The van der Waals surface area contributed by atoms with Gasteiger partial charge < -0.3 is 25.6 Å². The molecular formula is C29H44N4O4. The Morgan fingerprint density at radius 3 is 2.05 bits per heavy atom. The number of carbonyl (C=O) groups excluding carboxylic acids is 2. The molecular weight excluding hydrogens is 468 g/mol. The summed E-state index contributed by atoms with van der Waals surface area (Å²) in [5.74, 6) is -1.71. The van der Waals surface area contributed by atoms with Crippen molar-refractivity contribution in [1.29, 1.82) is 0 Å². The van der Waals surface area contributed by atoms with E-state index in [4.69, 9.17) is 0 Å². The molecule has 2 aromatic rings. The first kappa shape index (κ1) is 30.1. The number of aryl methyl sites for hydroxylation is 1. The van der Waals surface area contributed by atoms with Crippen LogP contribution in [0.2, 0.25) is 0 Å². The number of amides is 2. The predicted octanol–water partition coefficient (Wildman–Crippen LogP) is 3.75. The maximum absolute atomic E-state index is 13.7. The van der Waals surface area contributed by atoms with Crippen LogP contribution in [0.5, 0.6) is 0 Å². The Morgan fingerprint density at radius 1 is 0.973 bits per heavy atom. The van der Waals surface area contributed by atoms with E-state index < -0.39 is 34.9 Å². The van der Waals surface area contributed by atoms with Crippen molar-refractivity contribution >= 4 is 28.7 Å². The number of likely N-dealkylation sites (N-methyl/N-ethyl adjacent to an activating group) is 1. The van der Waals surface area contributed by atoms with Crippen molar-refractivity contribution in [2.24, 2.45) is 18.4 Å². The van der Waals surface area contributed by atoms with E-state index >= 15 is 0 Å². The standard InChI is InChI=1S/C29H44N4O4/c1-17(2)21(15-18(3)27(36)37)31-25(34)23(28(4,5)6)32-26(35)24(30-9)29(7,8)20-16-33(10)22-14-12-11-13-19(20)22/h11-17,21,23-24,30H,1-10H3,(H,31,34)(H,32,35)(H,36,37)/b18-15+. The number of benzene rings is 1. The summed E-state index contributed by atoms with van der Waals surface area (Å²) in [6.07, 6.45) is 3.60. The molecule has 8 heteroatoms. The van der Waals surface area contributed by atoms with Gasteiger partial charge in [-0.25, -0.2) is 4.79 Å². The van der Waals surface area contributed by atoms with Crippen molar-refractivity contribution in [3.8, 4) is 0 Å². The zero-order chi connectivity index (χ0) is 28.3. The Balaban J connectivity index is 2.37. The van der Waals surface area contributed by atoms with E-state index in [0.29, 0.717) is 0 Å². The van der Waals surface area contributed by atoms with Gasteiger partial charge in [0.25, 0.3) is 0 Å². The Hall–Kier alpha value is -3.13. The van der Waals surface area contributed by atoms with E-state index in [9.17, 15) is 19.5 Å². The fourth-order valence-corrected chi connectivity index (χ4v) is 4.72. The first-order chi connectivity index (χ1) is 17.0. The summed E-state index contributed by atoms with van der Waals surface area (Å²) in [6, 6.07) is 6.14. The third kappa shape index (κ3) is 6.80. The number of para-hydroxylation sites is 1. The second-order valence-electron chi connectivity index (χ2n) is 11.9. The number of carbonyl (C=O) groups is 3. The first-order valence-electron chi connectivity index (χ1n) is 12.8. The SMILES string of the molecule is CNC(C(=O)NC(C(=O)NC(/C=C(\C)C(=O)O)C(C)C)C(C)(C)C)C(C)(C)c1cn(C)c2ccccc12.